The van der Waals surface area contributed by atoms with Crippen LogP contribution >= 0.6 is 43.2 Å². The number of hydrogen-bond acceptors (Lipinski definition) is 3. The molecule has 0 saturated carbocycles. The van der Waals surface area contributed by atoms with E-state index in [-0.39, 0.29) is 5.54 Å². The van der Waals surface area contributed by atoms with Gasteiger partial charge in [-0.15, -0.1) is 11.3 Å². The van der Waals surface area contributed by atoms with Crippen LogP contribution in [0.3, 0.4) is 0 Å². The molecule has 0 saturated heterocycles. The highest BCUT2D eigenvalue weighted by molar-refractivity contribution is 9.11. The van der Waals surface area contributed by atoms with Crippen molar-refractivity contribution in [1.82, 2.24) is 5.32 Å². The van der Waals surface area contributed by atoms with E-state index in [1.807, 2.05) is 6.07 Å². The molecule has 1 aromatic heterocycles. The maximum atomic E-state index is 5.91. The average Bonchev–Trinajstić information content (AvgIpc) is 2.87. The van der Waals surface area contributed by atoms with E-state index >= 15 is 0 Å². The molecule has 0 aliphatic heterocycles. The van der Waals surface area contributed by atoms with E-state index in [4.69, 9.17) is 4.74 Å². The van der Waals surface area contributed by atoms with Crippen LogP contribution in [0.25, 0.3) is 0 Å². The summed E-state index contributed by atoms with van der Waals surface area (Å²) in [5, 5.41) is 5.55. The Bertz CT molecular complexity index is 568. The molecular formula is C16H19Br2NOS. The molecule has 114 valence electrons. The van der Waals surface area contributed by atoms with E-state index in [0.29, 0.717) is 6.61 Å². The van der Waals surface area contributed by atoms with Crippen LogP contribution in [0.1, 0.15) is 31.2 Å². The lowest BCUT2D eigenvalue weighted by Gasteiger charge is -2.21. The monoisotopic (exact) mass is 431 g/mol. The molecule has 0 amide bonds. The molecular weight excluding hydrogens is 414 g/mol. The standard InChI is InChI=1S/C16H19Br2NOS/c1-16(2,3)19-9-11-7-13(17)15(14(18)8-11)20-10-12-5-4-6-21-12/h4-8,19H,9-10H2,1-3H3. The van der Waals surface area contributed by atoms with Crippen molar-refractivity contribution in [3.8, 4) is 5.75 Å². The quantitative estimate of drug-likeness (QED) is 0.650. The minimum Gasteiger partial charge on any atom is -0.486 e. The topological polar surface area (TPSA) is 21.3 Å². The van der Waals surface area contributed by atoms with E-state index < -0.39 is 0 Å². The molecule has 1 N–H and O–H groups in total. The van der Waals surface area contributed by atoms with Crippen molar-refractivity contribution in [2.24, 2.45) is 0 Å². The molecule has 2 rings (SSSR count). The number of hydrogen-bond donors (Lipinski definition) is 1. The Morgan fingerprint density at radius 2 is 1.86 bits per heavy atom. The molecule has 5 heteroatoms. The summed E-state index contributed by atoms with van der Waals surface area (Å²) in [5.74, 6) is 0.850. The first-order valence-corrected chi connectivity index (χ1v) is 9.20. The van der Waals surface area contributed by atoms with E-state index in [1.54, 1.807) is 11.3 Å². The van der Waals surface area contributed by atoms with Crippen LogP contribution in [0.5, 0.6) is 5.75 Å². The minimum atomic E-state index is 0.104. The van der Waals surface area contributed by atoms with Crippen LogP contribution in [0, 0.1) is 0 Å². The van der Waals surface area contributed by atoms with Crippen LogP contribution in [-0.4, -0.2) is 5.54 Å². The molecule has 0 aliphatic rings. The zero-order valence-corrected chi connectivity index (χ0v) is 16.4. The normalized spacial score (nSPS) is 11.7. The third-order valence-electron chi connectivity index (χ3n) is 2.82. The second-order valence-corrected chi connectivity index (χ2v) is 8.60. The zero-order valence-electron chi connectivity index (χ0n) is 12.4. The number of rotatable bonds is 5. The Labute approximate surface area is 147 Å². The summed E-state index contributed by atoms with van der Waals surface area (Å²) < 4.78 is 7.85. The van der Waals surface area contributed by atoms with Crippen LogP contribution in [0.2, 0.25) is 0 Å². The largest absolute Gasteiger partial charge is 0.486 e. The van der Waals surface area contributed by atoms with Gasteiger partial charge in [0.15, 0.2) is 0 Å². The van der Waals surface area contributed by atoms with Gasteiger partial charge >= 0.3 is 0 Å². The molecule has 0 fully saturated rings. The van der Waals surface area contributed by atoms with E-state index in [1.165, 1.54) is 10.4 Å². The molecule has 0 atom stereocenters. The molecule has 0 unspecified atom stereocenters. The Hall–Kier alpha value is -0.360. The molecule has 2 aromatic rings. The van der Waals surface area contributed by atoms with E-state index in [9.17, 15) is 0 Å². The van der Waals surface area contributed by atoms with Crippen LogP contribution in [0.4, 0.5) is 0 Å². The molecule has 0 radical (unpaired) electrons. The highest BCUT2D eigenvalue weighted by Gasteiger charge is 2.12. The van der Waals surface area contributed by atoms with Crippen LogP contribution < -0.4 is 10.1 Å². The molecule has 0 spiro atoms. The lowest BCUT2D eigenvalue weighted by Crippen LogP contribution is -2.35. The fourth-order valence-corrected chi connectivity index (χ4v) is 3.88. The fourth-order valence-electron chi connectivity index (χ4n) is 1.76. The summed E-state index contributed by atoms with van der Waals surface area (Å²) in [6.45, 7) is 7.90. The van der Waals surface area contributed by atoms with Gasteiger partial charge in [0.05, 0.1) is 8.95 Å². The molecule has 0 aliphatic carbocycles. The van der Waals surface area contributed by atoms with Crippen molar-refractivity contribution in [2.75, 3.05) is 0 Å². The van der Waals surface area contributed by atoms with Gasteiger partial charge in [0.25, 0.3) is 0 Å². The number of ether oxygens (including phenoxy) is 1. The first-order chi connectivity index (χ1) is 9.85. The highest BCUT2D eigenvalue weighted by atomic mass is 79.9. The summed E-state index contributed by atoms with van der Waals surface area (Å²) in [6.07, 6.45) is 0. The van der Waals surface area contributed by atoms with Crippen molar-refractivity contribution in [2.45, 2.75) is 39.5 Å². The third-order valence-corrected chi connectivity index (χ3v) is 4.85. The number of benzene rings is 1. The van der Waals surface area contributed by atoms with Gasteiger partial charge in [-0.25, -0.2) is 0 Å². The predicted molar refractivity (Wildman–Crippen MR) is 97.1 cm³/mol. The van der Waals surface area contributed by atoms with Gasteiger partial charge in [-0.05, 0) is 81.8 Å². The molecule has 0 bridgehead atoms. The minimum absolute atomic E-state index is 0.104. The Kier molecular flexibility index (Phi) is 5.88. The second kappa shape index (κ2) is 7.27. The van der Waals surface area contributed by atoms with E-state index in [2.05, 4.69) is 81.5 Å². The van der Waals surface area contributed by atoms with Crippen molar-refractivity contribution in [3.63, 3.8) is 0 Å². The van der Waals surface area contributed by atoms with Crippen LogP contribution in [-0.2, 0) is 13.2 Å². The lowest BCUT2D eigenvalue weighted by atomic mass is 10.1. The van der Waals surface area contributed by atoms with Crippen molar-refractivity contribution in [1.29, 1.82) is 0 Å². The summed E-state index contributed by atoms with van der Waals surface area (Å²) in [5.41, 5.74) is 1.32. The van der Waals surface area contributed by atoms with Crippen LogP contribution in [0.15, 0.2) is 38.6 Å². The Morgan fingerprint density at radius 3 is 2.38 bits per heavy atom. The second-order valence-electron chi connectivity index (χ2n) is 5.86. The SMILES string of the molecule is CC(C)(C)NCc1cc(Br)c(OCc2cccs2)c(Br)c1. The Balaban J connectivity index is 2.06. The van der Waals surface area contributed by atoms with Crippen molar-refractivity contribution >= 4 is 43.2 Å². The molecule has 2 nitrogen and oxygen atoms in total. The van der Waals surface area contributed by atoms with Gasteiger partial charge < -0.3 is 10.1 Å². The summed E-state index contributed by atoms with van der Waals surface area (Å²) >= 11 is 8.91. The van der Waals surface area contributed by atoms with Crippen molar-refractivity contribution < 1.29 is 4.74 Å². The first kappa shape index (κ1) is 17.0. The molecule has 1 aromatic carbocycles. The molecule has 1 heterocycles. The van der Waals surface area contributed by atoms with E-state index in [0.717, 1.165) is 21.2 Å². The van der Waals surface area contributed by atoms with Gasteiger partial charge in [-0.1, -0.05) is 6.07 Å². The van der Waals surface area contributed by atoms with Gasteiger partial charge in [0.1, 0.15) is 12.4 Å². The number of nitrogens with one attached hydrogen (secondary N) is 1. The summed E-state index contributed by atoms with van der Waals surface area (Å²) in [6, 6.07) is 8.32. The first-order valence-electron chi connectivity index (χ1n) is 6.73. The smallest absolute Gasteiger partial charge is 0.148 e. The summed E-state index contributed by atoms with van der Waals surface area (Å²) in [7, 11) is 0. The zero-order chi connectivity index (χ0) is 15.5. The Morgan fingerprint density at radius 1 is 1.19 bits per heavy atom. The predicted octanol–water partition coefficient (Wildman–Crippen LogP) is 5.74. The maximum Gasteiger partial charge on any atom is 0.148 e. The van der Waals surface area contributed by atoms with Gasteiger partial charge in [0, 0.05) is 17.0 Å². The average molecular weight is 433 g/mol. The molecule has 21 heavy (non-hydrogen) atoms. The van der Waals surface area contributed by atoms with Gasteiger partial charge in [-0.2, -0.15) is 0 Å². The van der Waals surface area contributed by atoms with Gasteiger partial charge in [0.2, 0.25) is 0 Å². The maximum absolute atomic E-state index is 5.91. The summed E-state index contributed by atoms with van der Waals surface area (Å²) in [4.78, 5) is 1.22. The number of thiophene rings is 1. The lowest BCUT2D eigenvalue weighted by molar-refractivity contribution is 0.305. The van der Waals surface area contributed by atoms with Gasteiger partial charge in [-0.3, -0.25) is 0 Å². The number of halogens is 2. The van der Waals surface area contributed by atoms with Crippen molar-refractivity contribution in [3.05, 3.63) is 49.0 Å². The third kappa shape index (κ3) is 5.40. The fraction of sp³-hybridized carbons (Fsp3) is 0.375. The highest BCUT2D eigenvalue weighted by Crippen LogP contribution is 2.35.